The normalized spacial score (nSPS) is 13.7. The van der Waals surface area contributed by atoms with E-state index in [2.05, 4.69) is 42.5 Å². The molecule has 0 saturated carbocycles. The zero-order valence-electron chi connectivity index (χ0n) is 11.7. The molecule has 0 heterocycles. The van der Waals surface area contributed by atoms with Crippen molar-refractivity contribution >= 4 is 41.2 Å². The van der Waals surface area contributed by atoms with Crippen molar-refractivity contribution in [1.82, 2.24) is 0 Å². The molecule has 0 fully saturated rings. The van der Waals surface area contributed by atoms with Crippen LogP contribution in [-0.2, 0) is 21.7 Å². The fourth-order valence-corrected chi connectivity index (χ4v) is 2.67. The van der Waals surface area contributed by atoms with Crippen LogP contribution in [0.1, 0.15) is 30.6 Å². The third-order valence-corrected chi connectivity index (χ3v) is 3.51. The molecule has 110 valence electrons. The van der Waals surface area contributed by atoms with Gasteiger partial charge in [-0.2, -0.15) is 0 Å². The van der Waals surface area contributed by atoms with E-state index in [-0.39, 0.29) is 46.5 Å². The van der Waals surface area contributed by atoms with Gasteiger partial charge in [0.1, 0.15) is 0 Å². The molecule has 0 radical (unpaired) electrons. The van der Waals surface area contributed by atoms with Crippen molar-refractivity contribution in [2.45, 2.75) is 19.4 Å². The molecule has 0 bridgehead atoms. The fraction of sp³-hybridized carbons (Fsp3) is 0.176. The molecule has 1 unspecified atom stereocenters. The van der Waals surface area contributed by atoms with Crippen LogP contribution in [-0.4, -0.2) is 5.11 Å². The second kappa shape index (κ2) is 8.77. The first-order valence-electron chi connectivity index (χ1n) is 6.33. The number of hydrogen-bond acceptors (Lipinski definition) is 1. The Kier molecular flexibility index (Phi) is 8.54. The van der Waals surface area contributed by atoms with Crippen molar-refractivity contribution in [2.75, 3.05) is 0 Å². The van der Waals surface area contributed by atoms with Crippen molar-refractivity contribution in [3.8, 4) is 0 Å². The maximum Gasteiger partial charge on any atom is 0.0773 e. The van der Waals surface area contributed by atoms with Gasteiger partial charge in [0.15, 0.2) is 0 Å². The van der Waals surface area contributed by atoms with Crippen LogP contribution >= 0.6 is 24.8 Å². The van der Waals surface area contributed by atoms with Gasteiger partial charge in [-0.25, -0.2) is 0 Å². The molecule has 1 nitrogen and oxygen atoms in total. The van der Waals surface area contributed by atoms with E-state index in [9.17, 15) is 5.11 Å². The van der Waals surface area contributed by atoms with E-state index in [1.54, 1.807) is 0 Å². The zero-order chi connectivity index (χ0) is 12.5. The summed E-state index contributed by atoms with van der Waals surface area (Å²) in [6.45, 7) is 1.84. The van der Waals surface area contributed by atoms with Crippen LogP contribution in [0.2, 0.25) is 0 Å². The smallest absolute Gasteiger partial charge is 0.0773 e. The molecular weight excluding hydrogens is 339 g/mol. The van der Waals surface area contributed by atoms with E-state index in [0.717, 1.165) is 17.4 Å². The van der Waals surface area contributed by atoms with Gasteiger partial charge in [0, 0.05) is 21.7 Å². The van der Waals surface area contributed by atoms with Gasteiger partial charge in [-0.05, 0) is 40.8 Å². The Morgan fingerprint density at radius 2 is 1.76 bits per heavy atom. The average Bonchev–Trinajstić information content (AvgIpc) is 2.90. The Labute approximate surface area is 152 Å². The van der Waals surface area contributed by atoms with E-state index >= 15 is 0 Å². The largest absolute Gasteiger partial charge is 0.389 e. The van der Waals surface area contributed by atoms with Gasteiger partial charge in [-0.1, -0.05) is 54.6 Å². The summed E-state index contributed by atoms with van der Waals surface area (Å²) in [5, 5.41) is 12.4. The van der Waals surface area contributed by atoms with Gasteiger partial charge in [0.2, 0.25) is 0 Å². The Morgan fingerprint density at radius 3 is 2.38 bits per heavy atom. The molecule has 1 atom stereocenters. The molecule has 1 aliphatic carbocycles. The minimum Gasteiger partial charge on any atom is -0.389 e. The standard InChI is InChI=1S/C17H16O.2ClH.Ti/c1-12(18)17-15-9-5-4-8-14(15)10-11-16(17)13-6-2-3-7-13;;;/h2-6,8-12,18H,7H2,1H3;2*1H;. The molecule has 1 N–H and O–H groups in total. The second-order valence-corrected chi connectivity index (χ2v) is 4.75. The fourth-order valence-electron chi connectivity index (χ4n) is 2.67. The predicted molar refractivity (Wildman–Crippen MR) is 90.8 cm³/mol. The molecule has 2 aromatic carbocycles. The van der Waals surface area contributed by atoms with Gasteiger partial charge >= 0.3 is 0 Å². The number of halogens is 2. The minimum atomic E-state index is -0.451. The Balaban J connectivity index is 0.00000133. The second-order valence-electron chi connectivity index (χ2n) is 4.75. The third-order valence-electron chi connectivity index (χ3n) is 3.51. The van der Waals surface area contributed by atoms with Gasteiger partial charge in [-0.3, -0.25) is 0 Å². The number of aliphatic hydroxyl groups is 1. The molecule has 0 amide bonds. The third kappa shape index (κ3) is 4.00. The Hall–Kier alpha value is -0.566. The Morgan fingerprint density at radius 1 is 1.05 bits per heavy atom. The van der Waals surface area contributed by atoms with Crippen LogP contribution < -0.4 is 0 Å². The summed E-state index contributed by atoms with van der Waals surface area (Å²) in [5.74, 6) is 0. The first kappa shape index (κ1) is 20.4. The summed E-state index contributed by atoms with van der Waals surface area (Å²) in [6.07, 6.45) is 6.87. The number of rotatable bonds is 2. The van der Waals surface area contributed by atoms with Crippen molar-refractivity contribution < 1.29 is 26.8 Å². The maximum absolute atomic E-state index is 10.1. The molecule has 0 aliphatic heterocycles. The monoisotopic (exact) mass is 356 g/mol. The molecule has 0 saturated heterocycles. The van der Waals surface area contributed by atoms with Crippen LogP contribution in [0.15, 0.2) is 54.6 Å². The number of benzene rings is 2. The van der Waals surface area contributed by atoms with E-state index in [1.807, 2.05) is 19.1 Å². The maximum atomic E-state index is 10.1. The van der Waals surface area contributed by atoms with Gasteiger partial charge in [0.25, 0.3) is 0 Å². The molecule has 2 aromatic rings. The number of aliphatic hydroxyl groups excluding tert-OH is 1. The summed E-state index contributed by atoms with van der Waals surface area (Å²) >= 11 is 0. The van der Waals surface area contributed by atoms with Crippen LogP contribution in [0.25, 0.3) is 16.3 Å². The SMILES string of the molecule is CC(O)c1c(C2=CC=CC2)ccc2ccccc12.Cl.Cl.[Ti]. The van der Waals surface area contributed by atoms with E-state index in [1.165, 1.54) is 16.5 Å². The number of fused-ring (bicyclic) bond motifs is 1. The van der Waals surface area contributed by atoms with Crippen molar-refractivity contribution in [2.24, 2.45) is 0 Å². The average molecular weight is 357 g/mol. The topological polar surface area (TPSA) is 20.2 Å². The Bertz CT molecular complexity index is 663. The van der Waals surface area contributed by atoms with Crippen LogP contribution in [0.4, 0.5) is 0 Å². The van der Waals surface area contributed by atoms with Crippen molar-refractivity contribution in [1.29, 1.82) is 0 Å². The summed E-state index contributed by atoms with van der Waals surface area (Å²) in [7, 11) is 0. The quantitative estimate of drug-likeness (QED) is 0.744. The summed E-state index contributed by atoms with van der Waals surface area (Å²) < 4.78 is 0. The molecular formula is C17H18Cl2OTi. The molecule has 1 aliphatic rings. The van der Waals surface area contributed by atoms with Gasteiger partial charge < -0.3 is 5.11 Å². The van der Waals surface area contributed by atoms with Crippen LogP contribution in [0, 0.1) is 0 Å². The molecule has 0 spiro atoms. The molecule has 21 heavy (non-hydrogen) atoms. The first-order chi connectivity index (χ1) is 8.77. The number of hydrogen-bond donors (Lipinski definition) is 1. The van der Waals surface area contributed by atoms with Crippen molar-refractivity contribution in [3.05, 3.63) is 65.8 Å². The van der Waals surface area contributed by atoms with Crippen LogP contribution in [0.5, 0.6) is 0 Å². The van der Waals surface area contributed by atoms with E-state index in [4.69, 9.17) is 0 Å². The van der Waals surface area contributed by atoms with E-state index in [0.29, 0.717) is 0 Å². The first-order valence-corrected chi connectivity index (χ1v) is 6.33. The summed E-state index contributed by atoms with van der Waals surface area (Å²) in [5.41, 5.74) is 3.51. The van der Waals surface area contributed by atoms with Gasteiger partial charge in [0.05, 0.1) is 6.10 Å². The van der Waals surface area contributed by atoms with Crippen LogP contribution in [0.3, 0.4) is 0 Å². The van der Waals surface area contributed by atoms with E-state index < -0.39 is 6.10 Å². The molecule has 4 heteroatoms. The number of allylic oxidation sites excluding steroid dienone is 4. The predicted octanol–water partition coefficient (Wildman–Crippen LogP) is 5.08. The molecule has 0 aromatic heterocycles. The molecule has 3 rings (SSSR count). The van der Waals surface area contributed by atoms with Gasteiger partial charge in [-0.15, -0.1) is 24.8 Å². The zero-order valence-corrected chi connectivity index (χ0v) is 14.9. The minimum absolute atomic E-state index is 0. The van der Waals surface area contributed by atoms with Crippen molar-refractivity contribution in [3.63, 3.8) is 0 Å². The summed E-state index contributed by atoms with van der Waals surface area (Å²) in [6, 6.07) is 12.5. The summed E-state index contributed by atoms with van der Waals surface area (Å²) in [4.78, 5) is 0.